The summed E-state index contributed by atoms with van der Waals surface area (Å²) in [6.45, 7) is 2.40. The topological polar surface area (TPSA) is 147 Å². The number of anilines is 1. The Kier molecular flexibility index (Phi) is 7.77. The standard InChI is InChI=1S/C21H24FN3O4.ClH.2H2O/c1-29-20-17-13(19(26)14(21(27)28)9-25(17)12-4-5-12)7-15(22)18(20)24-8-11-3-2-6-23-16(11)10-24;;;/h7,9,11-12,16,23H,2-6,8,10H2,1H3,(H,27,28);1H;2*1H2/t11-,16+;;;/m0.../s1. The first-order valence-electron chi connectivity index (χ1n) is 10.2. The zero-order valence-corrected chi connectivity index (χ0v) is 18.5. The summed E-state index contributed by atoms with van der Waals surface area (Å²) in [4.78, 5) is 26.4. The maximum absolute atomic E-state index is 15.3. The van der Waals surface area contributed by atoms with Crippen molar-refractivity contribution in [3.8, 4) is 5.75 Å². The molecule has 2 aromatic rings. The van der Waals surface area contributed by atoms with Crippen molar-refractivity contribution in [3.05, 3.63) is 33.9 Å². The highest BCUT2D eigenvalue weighted by molar-refractivity contribution is 5.97. The third kappa shape index (κ3) is 4.03. The van der Waals surface area contributed by atoms with Crippen LogP contribution in [0.2, 0.25) is 0 Å². The normalized spacial score (nSPS) is 21.8. The van der Waals surface area contributed by atoms with Crippen molar-refractivity contribution in [1.29, 1.82) is 0 Å². The molecule has 0 amide bonds. The average molecular weight is 474 g/mol. The Balaban J connectivity index is 0.00000121. The van der Waals surface area contributed by atoms with Crippen molar-refractivity contribution in [2.24, 2.45) is 5.92 Å². The predicted molar refractivity (Wildman–Crippen MR) is 121 cm³/mol. The van der Waals surface area contributed by atoms with E-state index in [0.717, 1.165) is 38.8 Å². The van der Waals surface area contributed by atoms with Gasteiger partial charge in [-0.15, -0.1) is 12.4 Å². The van der Waals surface area contributed by atoms with Crippen molar-refractivity contribution in [1.82, 2.24) is 9.88 Å². The van der Waals surface area contributed by atoms with Crippen LogP contribution in [0.25, 0.3) is 10.9 Å². The first-order chi connectivity index (χ1) is 14.0. The van der Waals surface area contributed by atoms with E-state index in [0.29, 0.717) is 35.5 Å². The van der Waals surface area contributed by atoms with Crippen LogP contribution in [-0.2, 0) is 0 Å². The van der Waals surface area contributed by atoms with Crippen molar-refractivity contribution in [2.75, 3.05) is 31.6 Å². The number of halogens is 2. The molecule has 2 atom stereocenters. The van der Waals surface area contributed by atoms with Crippen LogP contribution in [0.15, 0.2) is 17.1 Å². The van der Waals surface area contributed by atoms with Crippen LogP contribution in [0, 0.1) is 11.7 Å². The lowest BCUT2D eigenvalue weighted by Crippen LogP contribution is -2.40. The van der Waals surface area contributed by atoms with E-state index >= 15 is 4.39 Å². The molecule has 2 aliphatic heterocycles. The molecule has 0 bridgehead atoms. The molecule has 5 rings (SSSR count). The number of rotatable bonds is 4. The highest BCUT2D eigenvalue weighted by Gasteiger charge is 2.38. The van der Waals surface area contributed by atoms with Crippen molar-refractivity contribution < 1.29 is 30.0 Å². The number of carboxylic acids is 1. The third-order valence-corrected chi connectivity index (χ3v) is 6.49. The van der Waals surface area contributed by atoms with E-state index in [9.17, 15) is 14.7 Å². The van der Waals surface area contributed by atoms with Crippen LogP contribution in [-0.4, -0.2) is 59.4 Å². The molecule has 3 fully saturated rings. The van der Waals surface area contributed by atoms with E-state index in [4.69, 9.17) is 4.74 Å². The summed E-state index contributed by atoms with van der Waals surface area (Å²) < 4.78 is 22.8. The molecule has 9 nitrogen and oxygen atoms in total. The van der Waals surface area contributed by atoms with Gasteiger partial charge in [0.25, 0.3) is 0 Å². The lowest BCUT2D eigenvalue weighted by molar-refractivity contribution is 0.0694. The Bertz CT molecular complexity index is 1060. The number of carbonyl (C=O) groups is 1. The summed E-state index contributed by atoms with van der Waals surface area (Å²) in [6.07, 6.45) is 5.40. The number of carboxylic acid groups (broad SMARTS) is 1. The molecule has 178 valence electrons. The highest BCUT2D eigenvalue weighted by atomic mass is 35.5. The summed E-state index contributed by atoms with van der Waals surface area (Å²) in [5.41, 5.74) is -0.155. The number of pyridine rings is 1. The van der Waals surface area contributed by atoms with Gasteiger partial charge in [0, 0.05) is 31.4 Å². The number of benzene rings is 1. The van der Waals surface area contributed by atoms with Crippen molar-refractivity contribution >= 4 is 35.0 Å². The maximum atomic E-state index is 15.3. The Morgan fingerprint density at radius 3 is 2.56 bits per heavy atom. The second kappa shape index (κ2) is 9.62. The number of hydrogen-bond acceptors (Lipinski definition) is 5. The molecule has 3 heterocycles. The van der Waals surface area contributed by atoms with Gasteiger partial charge >= 0.3 is 5.97 Å². The van der Waals surface area contributed by atoms with E-state index in [-0.39, 0.29) is 40.4 Å². The zero-order valence-electron chi connectivity index (χ0n) is 17.7. The Morgan fingerprint density at radius 1 is 1.25 bits per heavy atom. The van der Waals surface area contributed by atoms with Gasteiger partial charge in [0.05, 0.1) is 18.0 Å². The van der Waals surface area contributed by atoms with Gasteiger partial charge in [-0.05, 0) is 44.2 Å². The lowest BCUT2D eigenvalue weighted by Gasteiger charge is -2.25. The summed E-state index contributed by atoms with van der Waals surface area (Å²) in [5, 5.41) is 13.0. The summed E-state index contributed by atoms with van der Waals surface area (Å²) in [6, 6.07) is 1.62. The molecule has 1 saturated carbocycles. The van der Waals surface area contributed by atoms with Gasteiger partial charge in [0.1, 0.15) is 11.3 Å². The van der Waals surface area contributed by atoms with Gasteiger partial charge < -0.3 is 35.6 Å². The van der Waals surface area contributed by atoms with E-state index in [2.05, 4.69) is 5.32 Å². The molecular weight excluding hydrogens is 445 g/mol. The van der Waals surface area contributed by atoms with Crippen LogP contribution >= 0.6 is 12.4 Å². The number of aromatic carboxylic acids is 1. The molecule has 32 heavy (non-hydrogen) atoms. The number of piperidine rings is 1. The molecule has 0 radical (unpaired) electrons. The molecule has 2 saturated heterocycles. The lowest BCUT2D eigenvalue weighted by atomic mass is 9.94. The number of ether oxygens (including phenoxy) is 1. The Hall–Kier alpha value is -2.40. The molecule has 6 N–H and O–H groups in total. The average Bonchev–Trinajstić information content (AvgIpc) is 3.45. The number of aromatic nitrogens is 1. The monoisotopic (exact) mass is 473 g/mol. The molecule has 1 aromatic carbocycles. The third-order valence-electron chi connectivity index (χ3n) is 6.49. The zero-order chi connectivity index (χ0) is 20.3. The number of methoxy groups -OCH3 is 1. The van der Waals surface area contributed by atoms with Gasteiger partial charge in [-0.2, -0.15) is 0 Å². The summed E-state index contributed by atoms with van der Waals surface area (Å²) >= 11 is 0. The first-order valence-corrected chi connectivity index (χ1v) is 10.2. The molecule has 11 heteroatoms. The number of nitrogens with zero attached hydrogens (tertiary/aromatic N) is 2. The van der Waals surface area contributed by atoms with Gasteiger partial charge in [0.15, 0.2) is 11.6 Å². The Labute approximate surface area is 190 Å². The van der Waals surface area contributed by atoms with E-state index in [1.807, 2.05) is 4.90 Å². The summed E-state index contributed by atoms with van der Waals surface area (Å²) in [5.74, 6) is -1.07. The van der Waals surface area contributed by atoms with Crippen LogP contribution in [0.1, 0.15) is 42.1 Å². The minimum absolute atomic E-state index is 0. The maximum Gasteiger partial charge on any atom is 0.341 e. The minimum Gasteiger partial charge on any atom is -0.492 e. The fourth-order valence-electron chi connectivity index (χ4n) is 4.95. The second-order valence-electron chi connectivity index (χ2n) is 8.32. The summed E-state index contributed by atoms with van der Waals surface area (Å²) in [7, 11) is 1.48. The van der Waals surface area contributed by atoms with Gasteiger partial charge in [-0.1, -0.05) is 0 Å². The predicted octanol–water partition coefficient (Wildman–Crippen LogP) is 1.14. The molecular formula is C21H29ClFN3O6. The molecule has 3 aliphatic rings. The van der Waals surface area contributed by atoms with Crippen molar-refractivity contribution in [3.63, 3.8) is 0 Å². The largest absolute Gasteiger partial charge is 0.492 e. The van der Waals surface area contributed by atoms with Crippen molar-refractivity contribution in [2.45, 2.75) is 37.8 Å². The van der Waals surface area contributed by atoms with Crippen LogP contribution < -0.4 is 20.4 Å². The molecule has 0 unspecified atom stereocenters. The SMILES string of the molecule is COc1c(N2C[C@@H]3CCCN[C@@H]3C2)c(F)cc2c(=O)c(C(=O)O)cn(C3CC3)c12.Cl.O.O. The second-order valence-corrected chi connectivity index (χ2v) is 8.32. The van der Waals surface area contributed by atoms with Gasteiger partial charge in [-0.25, -0.2) is 9.18 Å². The Morgan fingerprint density at radius 2 is 1.97 bits per heavy atom. The number of nitrogens with one attached hydrogen (secondary N) is 1. The number of hydrogen-bond donors (Lipinski definition) is 2. The van der Waals surface area contributed by atoms with Crippen LogP contribution in [0.3, 0.4) is 0 Å². The van der Waals surface area contributed by atoms with E-state index in [1.165, 1.54) is 19.4 Å². The first kappa shape index (κ1) is 25.9. The van der Waals surface area contributed by atoms with E-state index in [1.54, 1.807) is 4.57 Å². The smallest absolute Gasteiger partial charge is 0.341 e. The number of fused-ring (bicyclic) bond motifs is 2. The van der Waals surface area contributed by atoms with Crippen LogP contribution in [0.5, 0.6) is 5.75 Å². The molecule has 1 aliphatic carbocycles. The quantitative estimate of drug-likeness (QED) is 0.680. The van der Waals surface area contributed by atoms with Gasteiger partial charge in [-0.3, -0.25) is 4.79 Å². The fraction of sp³-hybridized carbons (Fsp3) is 0.524. The fourth-order valence-corrected chi connectivity index (χ4v) is 4.95. The highest BCUT2D eigenvalue weighted by Crippen LogP contribution is 2.45. The molecule has 1 aromatic heterocycles. The van der Waals surface area contributed by atoms with E-state index < -0.39 is 17.2 Å². The molecule has 0 spiro atoms. The van der Waals surface area contributed by atoms with Crippen LogP contribution in [0.4, 0.5) is 10.1 Å². The van der Waals surface area contributed by atoms with Gasteiger partial charge in [0.2, 0.25) is 5.43 Å². The minimum atomic E-state index is -1.30.